The Morgan fingerprint density at radius 1 is 1.00 bits per heavy atom. The molecule has 2 aromatic rings. The number of rotatable bonds is 1. The first-order chi connectivity index (χ1) is 11.9. The fourth-order valence-electron chi connectivity index (χ4n) is 4.33. The second-order valence-corrected chi connectivity index (χ2v) is 6.87. The second kappa shape index (κ2) is 5.58. The van der Waals surface area contributed by atoms with Crippen LogP contribution in [-0.2, 0) is 22.8 Å². The number of carbonyl (C=O) groups excluding carboxylic acids is 1. The molecule has 4 heteroatoms. The summed E-state index contributed by atoms with van der Waals surface area (Å²) in [4.78, 5) is 12.1. The second-order valence-electron chi connectivity index (χ2n) is 6.87. The lowest BCUT2D eigenvalue weighted by Crippen LogP contribution is -2.34. The first kappa shape index (κ1) is 16.1. The molecule has 0 unspecified atom stereocenters. The first-order valence-electron chi connectivity index (χ1n) is 8.38. The van der Waals surface area contributed by atoms with Crippen molar-refractivity contribution in [3.63, 3.8) is 0 Å². The van der Waals surface area contributed by atoms with Gasteiger partial charge in [-0.3, -0.25) is 4.79 Å². The minimum absolute atomic E-state index is 0.0277. The molecule has 2 aromatic carbocycles. The van der Waals surface area contributed by atoms with Crippen LogP contribution in [0.5, 0.6) is 0 Å². The SMILES string of the molecule is O=C1C=C[C@@]2(CCc3ccccc32)[C@@H](c2ccc(C(F)(F)F)cc2)C1. The number of alkyl halides is 3. The van der Waals surface area contributed by atoms with E-state index in [1.165, 1.54) is 23.3 Å². The number of hydrogen-bond donors (Lipinski definition) is 0. The predicted molar refractivity (Wildman–Crippen MR) is 89.4 cm³/mol. The molecule has 0 N–H and O–H groups in total. The van der Waals surface area contributed by atoms with E-state index in [4.69, 9.17) is 0 Å². The zero-order valence-corrected chi connectivity index (χ0v) is 13.5. The highest BCUT2D eigenvalue weighted by Crippen LogP contribution is 2.52. The van der Waals surface area contributed by atoms with Crippen molar-refractivity contribution in [3.8, 4) is 0 Å². The standard InChI is InChI=1S/C21H17F3O/c22-21(23,24)16-7-5-15(6-8-16)19-13-17(25)10-12-20(19)11-9-14-3-1-2-4-18(14)20/h1-8,10,12,19H,9,11,13H2/t19-,20-/m1/s1. The van der Waals surface area contributed by atoms with Crippen LogP contribution >= 0.6 is 0 Å². The van der Waals surface area contributed by atoms with Gasteiger partial charge in [-0.25, -0.2) is 0 Å². The molecule has 2 aliphatic rings. The summed E-state index contributed by atoms with van der Waals surface area (Å²) in [6.07, 6.45) is 1.40. The van der Waals surface area contributed by atoms with Crippen molar-refractivity contribution >= 4 is 5.78 Å². The lowest BCUT2D eigenvalue weighted by Gasteiger charge is -2.38. The maximum absolute atomic E-state index is 12.9. The summed E-state index contributed by atoms with van der Waals surface area (Å²) >= 11 is 0. The van der Waals surface area contributed by atoms with E-state index in [-0.39, 0.29) is 17.1 Å². The molecule has 2 atom stereocenters. The molecular formula is C21H17F3O. The molecular weight excluding hydrogens is 325 g/mol. The monoisotopic (exact) mass is 342 g/mol. The number of allylic oxidation sites excluding steroid dienone is 2. The molecule has 0 aromatic heterocycles. The van der Waals surface area contributed by atoms with Gasteiger partial charge in [0.1, 0.15) is 0 Å². The maximum Gasteiger partial charge on any atom is 0.416 e. The number of aryl methyl sites for hydroxylation is 1. The maximum atomic E-state index is 12.9. The summed E-state index contributed by atoms with van der Waals surface area (Å²) in [6.45, 7) is 0. The number of carbonyl (C=O) groups is 1. The van der Waals surface area contributed by atoms with Crippen LogP contribution in [0, 0.1) is 0 Å². The molecule has 0 radical (unpaired) electrons. The van der Waals surface area contributed by atoms with Crippen LogP contribution in [0.15, 0.2) is 60.7 Å². The number of halogens is 3. The summed E-state index contributed by atoms with van der Waals surface area (Å²) in [6, 6.07) is 13.5. The van der Waals surface area contributed by atoms with E-state index in [0.29, 0.717) is 6.42 Å². The van der Waals surface area contributed by atoms with Crippen molar-refractivity contribution in [3.05, 3.63) is 82.9 Å². The van der Waals surface area contributed by atoms with Gasteiger partial charge in [0.25, 0.3) is 0 Å². The Bertz CT molecular complexity index is 848. The molecule has 128 valence electrons. The van der Waals surface area contributed by atoms with Gasteiger partial charge in [0.05, 0.1) is 5.56 Å². The highest BCUT2D eigenvalue weighted by molar-refractivity contribution is 5.92. The van der Waals surface area contributed by atoms with E-state index >= 15 is 0 Å². The van der Waals surface area contributed by atoms with Crippen molar-refractivity contribution < 1.29 is 18.0 Å². The molecule has 0 heterocycles. The number of fused-ring (bicyclic) bond motifs is 2. The first-order valence-corrected chi connectivity index (χ1v) is 8.38. The molecule has 25 heavy (non-hydrogen) atoms. The lowest BCUT2D eigenvalue weighted by molar-refractivity contribution is -0.137. The lowest BCUT2D eigenvalue weighted by atomic mass is 9.64. The molecule has 0 bridgehead atoms. The van der Waals surface area contributed by atoms with Gasteiger partial charge >= 0.3 is 6.18 Å². The Morgan fingerprint density at radius 2 is 1.72 bits per heavy atom. The van der Waals surface area contributed by atoms with Crippen molar-refractivity contribution in [1.82, 2.24) is 0 Å². The van der Waals surface area contributed by atoms with Crippen LogP contribution in [-0.4, -0.2) is 5.78 Å². The molecule has 0 amide bonds. The summed E-state index contributed by atoms with van der Waals surface area (Å²) in [5.41, 5.74) is 2.30. The summed E-state index contributed by atoms with van der Waals surface area (Å²) < 4.78 is 38.6. The number of benzene rings is 2. The highest BCUT2D eigenvalue weighted by Gasteiger charge is 2.46. The fraction of sp³-hybridized carbons (Fsp3) is 0.286. The molecule has 0 saturated carbocycles. The van der Waals surface area contributed by atoms with Gasteiger partial charge in [-0.15, -0.1) is 0 Å². The van der Waals surface area contributed by atoms with Crippen LogP contribution in [0.1, 0.15) is 41.0 Å². The van der Waals surface area contributed by atoms with E-state index in [1.54, 1.807) is 6.08 Å². The largest absolute Gasteiger partial charge is 0.416 e. The van der Waals surface area contributed by atoms with Crippen molar-refractivity contribution in [2.45, 2.75) is 36.8 Å². The van der Waals surface area contributed by atoms with Crippen LogP contribution in [0.2, 0.25) is 0 Å². The summed E-state index contributed by atoms with van der Waals surface area (Å²) in [5, 5.41) is 0. The van der Waals surface area contributed by atoms with Gasteiger partial charge < -0.3 is 0 Å². The third-order valence-corrected chi connectivity index (χ3v) is 5.56. The van der Waals surface area contributed by atoms with Gasteiger partial charge in [-0.1, -0.05) is 42.5 Å². The van der Waals surface area contributed by atoms with E-state index in [2.05, 4.69) is 12.1 Å². The number of hydrogen-bond acceptors (Lipinski definition) is 1. The Balaban J connectivity index is 1.80. The van der Waals surface area contributed by atoms with Gasteiger partial charge in [0.15, 0.2) is 5.78 Å². The molecule has 0 fully saturated rings. The molecule has 1 spiro atoms. The van der Waals surface area contributed by atoms with Crippen molar-refractivity contribution in [2.75, 3.05) is 0 Å². The van der Waals surface area contributed by atoms with Gasteiger partial charge in [-0.05, 0) is 47.7 Å². The van der Waals surface area contributed by atoms with E-state index in [9.17, 15) is 18.0 Å². The zero-order chi connectivity index (χ0) is 17.7. The molecule has 4 rings (SSSR count). The Morgan fingerprint density at radius 3 is 2.44 bits per heavy atom. The molecule has 1 nitrogen and oxygen atoms in total. The van der Waals surface area contributed by atoms with E-state index in [0.717, 1.165) is 30.5 Å². The average Bonchev–Trinajstić information content (AvgIpc) is 2.96. The smallest absolute Gasteiger partial charge is 0.295 e. The van der Waals surface area contributed by atoms with Crippen LogP contribution in [0.25, 0.3) is 0 Å². The van der Waals surface area contributed by atoms with Gasteiger partial charge in [0.2, 0.25) is 0 Å². The Hall–Kier alpha value is -2.36. The van der Waals surface area contributed by atoms with Gasteiger partial charge in [-0.2, -0.15) is 13.2 Å². The number of ketones is 1. The predicted octanol–water partition coefficient (Wildman–Crippen LogP) is 5.20. The van der Waals surface area contributed by atoms with E-state index < -0.39 is 11.7 Å². The minimum Gasteiger partial charge on any atom is -0.295 e. The minimum atomic E-state index is -4.35. The molecule has 0 saturated heterocycles. The third-order valence-electron chi connectivity index (χ3n) is 5.56. The van der Waals surface area contributed by atoms with Crippen LogP contribution < -0.4 is 0 Å². The van der Waals surface area contributed by atoms with Crippen LogP contribution in [0.4, 0.5) is 13.2 Å². The summed E-state index contributed by atoms with van der Waals surface area (Å²) in [7, 11) is 0. The van der Waals surface area contributed by atoms with Crippen LogP contribution in [0.3, 0.4) is 0 Å². The van der Waals surface area contributed by atoms with Crippen molar-refractivity contribution in [2.24, 2.45) is 0 Å². The zero-order valence-electron chi connectivity index (χ0n) is 13.5. The Labute approximate surface area is 144 Å². The fourth-order valence-corrected chi connectivity index (χ4v) is 4.33. The Kier molecular flexibility index (Phi) is 3.60. The third kappa shape index (κ3) is 2.60. The topological polar surface area (TPSA) is 17.1 Å². The highest BCUT2D eigenvalue weighted by atomic mass is 19.4. The average molecular weight is 342 g/mol. The van der Waals surface area contributed by atoms with Gasteiger partial charge in [0, 0.05) is 17.8 Å². The normalized spacial score (nSPS) is 25.4. The molecule has 2 aliphatic carbocycles. The summed E-state index contributed by atoms with van der Waals surface area (Å²) in [5.74, 6) is -0.101. The molecule has 0 aliphatic heterocycles. The quantitative estimate of drug-likeness (QED) is 0.696. The van der Waals surface area contributed by atoms with Crippen molar-refractivity contribution in [1.29, 1.82) is 0 Å². The van der Waals surface area contributed by atoms with E-state index in [1.807, 2.05) is 18.2 Å².